The van der Waals surface area contributed by atoms with Crippen LogP contribution in [0.4, 0.5) is 11.5 Å². The van der Waals surface area contributed by atoms with Crippen molar-refractivity contribution in [3.8, 4) is 0 Å². The molecule has 14 heavy (non-hydrogen) atoms. The van der Waals surface area contributed by atoms with Gasteiger partial charge >= 0.3 is 0 Å². The molecular formula is C10H20N4. The van der Waals surface area contributed by atoms with E-state index < -0.39 is 0 Å². The number of nitrogen functional groups attached to an aromatic ring is 1. The van der Waals surface area contributed by atoms with Crippen LogP contribution in [0.3, 0.4) is 0 Å². The van der Waals surface area contributed by atoms with Crippen LogP contribution in [-0.4, -0.2) is 22.9 Å². The van der Waals surface area contributed by atoms with E-state index in [0.717, 1.165) is 23.6 Å². The standard InChI is InChI=1S/C10H20N4/c1-6-8-9(11)10(14(5)12-8)13(4)7(2)3/h7H,6,11H2,1-5H3. The third kappa shape index (κ3) is 1.69. The Bertz CT molecular complexity index is 314. The number of aryl methyl sites for hydroxylation is 2. The van der Waals surface area contributed by atoms with E-state index in [0.29, 0.717) is 6.04 Å². The minimum Gasteiger partial charge on any atom is -0.394 e. The third-order valence-electron chi connectivity index (χ3n) is 2.57. The molecule has 1 heterocycles. The molecule has 0 saturated heterocycles. The van der Waals surface area contributed by atoms with Gasteiger partial charge in [-0.2, -0.15) is 5.10 Å². The summed E-state index contributed by atoms with van der Waals surface area (Å²) in [5.74, 6) is 1.01. The van der Waals surface area contributed by atoms with Crippen LogP contribution in [0.1, 0.15) is 26.5 Å². The van der Waals surface area contributed by atoms with E-state index in [2.05, 4.69) is 30.8 Å². The van der Waals surface area contributed by atoms with E-state index in [-0.39, 0.29) is 0 Å². The lowest BCUT2D eigenvalue weighted by atomic mass is 10.2. The molecule has 0 unspecified atom stereocenters. The predicted octanol–water partition coefficient (Wildman–Crippen LogP) is 1.41. The van der Waals surface area contributed by atoms with Crippen molar-refractivity contribution in [3.05, 3.63) is 5.69 Å². The van der Waals surface area contributed by atoms with Crippen LogP contribution < -0.4 is 10.6 Å². The quantitative estimate of drug-likeness (QED) is 0.795. The van der Waals surface area contributed by atoms with Gasteiger partial charge in [-0.3, -0.25) is 4.68 Å². The molecule has 0 fully saturated rings. The fourth-order valence-electron chi connectivity index (χ4n) is 1.51. The fourth-order valence-corrected chi connectivity index (χ4v) is 1.51. The Morgan fingerprint density at radius 2 is 2.07 bits per heavy atom. The van der Waals surface area contributed by atoms with Crippen LogP contribution in [0.5, 0.6) is 0 Å². The highest BCUT2D eigenvalue weighted by Crippen LogP contribution is 2.26. The second-order valence-electron chi connectivity index (χ2n) is 3.87. The van der Waals surface area contributed by atoms with Gasteiger partial charge in [0, 0.05) is 20.1 Å². The molecule has 1 rings (SSSR count). The number of anilines is 2. The van der Waals surface area contributed by atoms with Crippen molar-refractivity contribution in [1.29, 1.82) is 0 Å². The van der Waals surface area contributed by atoms with Crippen molar-refractivity contribution in [2.75, 3.05) is 17.7 Å². The molecule has 0 aliphatic carbocycles. The van der Waals surface area contributed by atoms with Crippen molar-refractivity contribution in [2.24, 2.45) is 7.05 Å². The van der Waals surface area contributed by atoms with Crippen molar-refractivity contribution in [3.63, 3.8) is 0 Å². The maximum absolute atomic E-state index is 6.03. The molecule has 0 aliphatic heterocycles. The zero-order valence-electron chi connectivity index (χ0n) is 9.70. The Kier molecular flexibility index (Phi) is 3.03. The molecular weight excluding hydrogens is 176 g/mol. The summed E-state index contributed by atoms with van der Waals surface area (Å²) in [7, 11) is 3.97. The smallest absolute Gasteiger partial charge is 0.150 e. The van der Waals surface area contributed by atoms with Gasteiger partial charge in [0.15, 0.2) is 0 Å². The number of nitrogens with zero attached hydrogens (tertiary/aromatic N) is 3. The molecule has 0 radical (unpaired) electrons. The van der Waals surface area contributed by atoms with Gasteiger partial charge in [-0.1, -0.05) is 6.92 Å². The van der Waals surface area contributed by atoms with Crippen molar-refractivity contribution in [2.45, 2.75) is 33.2 Å². The Morgan fingerprint density at radius 1 is 1.50 bits per heavy atom. The molecule has 0 atom stereocenters. The van der Waals surface area contributed by atoms with E-state index in [1.54, 1.807) is 0 Å². The second kappa shape index (κ2) is 3.90. The molecule has 0 spiro atoms. The number of nitrogens with two attached hydrogens (primary N) is 1. The van der Waals surface area contributed by atoms with Crippen LogP contribution >= 0.6 is 0 Å². The summed E-state index contributed by atoms with van der Waals surface area (Å²) in [4.78, 5) is 2.14. The van der Waals surface area contributed by atoms with E-state index in [4.69, 9.17) is 5.73 Å². The largest absolute Gasteiger partial charge is 0.394 e. The Hall–Kier alpha value is -1.19. The van der Waals surface area contributed by atoms with Crippen molar-refractivity contribution in [1.82, 2.24) is 9.78 Å². The first kappa shape index (κ1) is 10.9. The van der Waals surface area contributed by atoms with Crippen LogP contribution in [0.15, 0.2) is 0 Å². The normalized spacial score (nSPS) is 11.0. The number of hydrogen-bond donors (Lipinski definition) is 1. The first-order chi connectivity index (χ1) is 6.49. The van der Waals surface area contributed by atoms with E-state index >= 15 is 0 Å². The van der Waals surface area contributed by atoms with E-state index in [9.17, 15) is 0 Å². The highest BCUT2D eigenvalue weighted by molar-refractivity contribution is 5.66. The van der Waals surface area contributed by atoms with Gasteiger partial charge < -0.3 is 10.6 Å². The average molecular weight is 196 g/mol. The van der Waals surface area contributed by atoms with Crippen LogP contribution in [0, 0.1) is 0 Å². The Labute approximate surface area is 85.7 Å². The minimum absolute atomic E-state index is 0.428. The van der Waals surface area contributed by atoms with Crippen molar-refractivity contribution >= 4 is 11.5 Å². The van der Waals surface area contributed by atoms with Gasteiger partial charge in [-0.15, -0.1) is 0 Å². The molecule has 0 saturated carbocycles. The van der Waals surface area contributed by atoms with Gasteiger partial charge in [0.1, 0.15) is 5.82 Å². The number of aromatic nitrogens is 2. The minimum atomic E-state index is 0.428. The predicted molar refractivity (Wildman–Crippen MR) is 60.5 cm³/mol. The monoisotopic (exact) mass is 196 g/mol. The summed E-state index contributed by atoms with van der Waals surface area (Å²) in [6.45, 7) is 6.34. The van der Waals surface area contributed by atoms with Crippen LogP contribution in [0.2, 0.25) is 0 Å². The molecule has 1 aromatic heterocycles. The van der Waals surface area contributed by atoms with Gasteiger partial charge in [0.05, 0.1) is 11.4 Å². The molecule has 0 aromatic carbocycles. The first-order valence-corrected chi connectivity index (χ1v) is 5.03. The van der Waals surface area contributed by atoms with Gasteiger partial charge in [-0.25, -0.2) is 0 Å². The van der Waals surface area contributed by atoms with Crippen LogP contribution in [-0.2, 0) is 13.5 Å². The molecule has 80 valence electrons. The van der Waals surface area contributed by atoms with Gasteiger partial charge in [-0.05, 0) is 20.3 Å². The summed E-state index contributed by atoms with van der Waals surface area (Å²) in [5, 5.41) is 4.38. The van der Waals surface area contributed by atoms with Crippen LogP contribution in [0.25, 0.3) is 0 Å². The molecule has 4 nitrogen and oxygen atoms in total. The first-order valence-electron chi connectivity index (χ1n) is 5.03. The third-order valence-corrected chi connectivity index (χ3v) is 2.57. The summed E-state index contributed by atoms with van der Waals surface area (Å²) in [6, 6.07) is 0.428. The van der Waals surface area contributed by atoms with E-state index in [1.165, 1.54) is 0 Å². The Morgan fingerprint density at radius 3 is 2.43 bits per heavy atom. The highest BCUT2D eigenvalue weighted by Gasteiger charge is 2.17. The molecule has 4 heteroatoms. The zero-order valence-corrected chi connectivity index (χ0v) is 9.70. The average Bonchev–Trinajstić information content (AvgIpc) is 2.40. The maximum Gasteiger partial charge on any atom is 0.150 e. The summed E-state index contributed by atoms with van der Waals surface area (Å²) in [6.07, 6.45) is 0.881. The molecule has 2 N–H and O–H groups in total. The lowest BCUT2D eigenvalue weighted by Gasteiger charge is -2.23. The summed E-state index contributed by atoms with van der Waals surface area (Å²) < 4.78 is 1.86. The maximum atomic E-state index is 6.03. The topological polar surface area (TPSA) is 47.1 Å². The summed E-state index contributed by atoms with van der Waals surface area (Å²) >= 11 is 0. The SMILES string of the molecule is CCc1nn(C)c(N(C)C(C)C)c1N. The van der Waals surface area contributed by atoms with Gasteiger partial charge in [0.2, 0.25) is 0 Å². The lowest BCUT2D eigenvalue weighted by molar-refractivity contribution is 0.679. The van der Waals surface area contributed by atoms with Gasteiger partial charge in [0.25, 0.3) is 0 Å². The lowest BCUT2D eigenvalue weighted by Crippen LogP contribution is -2.28. The molecule has 0 aliphatic rings. The molecule has 0 bridgehead atoms. The zero-order chi connectivity index (χ0) is 10.9. The second-order valence-corrected chi connectivity index (χ2v) is 3.87. The fraction of sp³-hybridized carbons (Fsp3) is 0.700. The number of hydrogen-bond acceptors (Lipinski definition) is 3. The highest BCUT2D eigenvalue weighted by atomic mass is 15.4. The molecule has 0 amide bonds. The summed E-state index contributed by atoms with van der Waals surface area (Å²) in [5.41, 5.74) is 7.82. The number of rotatable bonds is 3. The Balaban J connectivity index is 3.13. The molecule has 1 aromatic rings. The van der Waals surface area contributed by atoms with E-state index in [1.807, 2.05) is 18.8 Å². The van der Waals surface area contributed by atoms with Crippen molar-refractivity contribution < 1.29 is 0 Å².